The van der Waals surface area contributed by atoms with Crippen LogP contribution in [0.4, 0.5) is 5.69 Å². The van der Waals surface area contributed by atoms with E-state index in [1.165, 1.54) is 0 Å². The lowest BCUT2D eigenvalue weighted by Crippen LogP contribution is -2.29. The van der Waals surface area contributed by atoms with E-state index in [4.69, 9.17) is 10.7 Å². The second-order valence-corrected chi connectivity index (χ2v) is 6.80. The van der Waals surface area contributed by atoms with Crippen LogP contribution in [0.1, 0.15) is 35.4 Å². The van der Waals surface area contributed by atoms with E-state index in [0.717, 1.165) is 35.7 Å². The van der Waals surface area contributed by atoms with Crippen LogP contribution in [0, 0.1) is 6.92 Å². The fraction of sp³-hybridized carbons (Fsp3) is 0.353. The van der Waals surface area contributed by atoms with E-state index < -0.39 is 5.91 Å². The summed E-state index contributed by atoms with van der Waals surface area (Å²) in [6, 6.07) is 7.19. The van der Waals surface area contributed by atoms with Crippen molar-refractivity contribution in [3.05, 3.63) is 45.7 Å². The molecular formula is C17H20N4O2S. The molecule has 0 spiro atoms. The summed E-state index contributed by atoms with van der Waals surface area (Å²) in [7, 11) is 0. The number of primary amides is 1. The Morgan fingerprint density at radius 1 is 1.29 bits per heavy atom. The molecule has 1 aromatic carbocycles. The third-order valence-corrected chi connectivity index (χ3v) is 5.23. The Kier molecular flexibility index (Phi) is 4.53. The average Bonchev–Trinajstić information content (AvgIpc) is 3.15. The van der Waals surface area contributed by atoms with Gasteiger partial charge in [0.25, 0.3) is 0 Å². The molecule has 2 heterocycles. The molecule has 24 heavy (non-hydrogen) atoms. The first-order valence-corrected chi connectivity index (χ1v) is 8.70. The Labute approximate surface area is 144 Å². The van der Waals surface area contributed by atoms with E-state index in [1.807, 2.05) is 4.90 Å². The molecule has 1 saturated heterocycles. The molecule has 126 valence electrons. The fourth-order valence-electron chi connectivity index (χ4n) is 2.98. The minimum Gasteiger partial charge on any atom is -0.366 e. The number of benzene rings is 1. The van der Waals surface area contributed by atoms with Crippen LogP contribution in [-0.4, -0.2) is 34.4 Å². The Morgan fingerprint density at radius 3 is 2.58 bits per heavy atom. The van der Waals surface area contributed by atoms with Gasteiger partial charge in [0, 0.05) is 36.7 Å². The maximum atomic E-state index is 11.6. The fourth-order valence-corrected chi connectivity index (χ4v) is 3.93. The van der Waals surface area contributed by atoms with E-state index >= 15 is 0 Å². The normalized spacial score (nSPS) is 18.2. The molecule has 0 aliphatic carbocycles. The first-order chi connectivity index (χ1) is 11.5. The third kappa shape index (κ3) is 3.26. The van der Waals surface area contributed by atoms with E-state index in [0.29, 0.717) is 5.56 Å². The summed E-state index contributed by atoms with van der Waals surface area (Å²) in [6.45, 7) is 5.18. The number of hydrogen-bond donors (Lipinski definition) is 1. The van der Waals surface area contributed by atoms with Crippen molar-refractivity contribution in [1.29, 1.82) is 0 Å². The van der Waals surface area contributed by atoms with Gasteiger partial charge in [0.05, 0.1) is 11.7 Å². The van der Waals surface area contributed by atoms with E-state index in [-0.39, 0.29) is 11.9 Å². The molecule has 2 N–H and O–H groups in total. The number of carbonyl (C=O) groups excluding carboxylic acids is 2. The van der Waals surface area contributed by atoms with Crippen molar-refractivity contribution in [2.75, 3.05) is 13.1 Å². The molecule has 0 bridgehead atoms. The zero-order valence-electron chi connectivity index (χ0n) is 13.7. The predicted molar refractivity (Wildman–Crippen MR) is 93.1 cm³/mol. The monoisotopic (exact) mass is 344 g/mol. The zero-order valence-corrected chi connectivity index (χ0v) is 14.5. The second-order valence-electron chi connectivity index (χ2n) is 5.96. The number of amides is 2. The van der Waals surface area contributed by atoms with Gasteiger partial charge >= 0.3 is 0 Å². The molecule has 3 rings (SSSR count). The third-order valence-electron chi connectivity index (χ3n) is 4.27. The highest BCUT2D eigenvalue weighted by atomic mass is 32.1. The summed E-state index contributed by atoms with van der Waals surface area (Å²) in [4.78, 5) is 30.2. The number of rotatable bonds is 3. The quantitative estimate of drug-likeness (QED) is 0.924. The lowest BCUT2D eigenvalue weighted by Gasteiger charge is -2.16. The molecule has 2 aromatic rings. The summed E-state index contributed by atoms with van der Waals surface area (Å²) in [5.41, 5.74) is 7.65. The molecule has 1 aromatic heterocycles. The van der Waals surface area contributed by atoms with Gasteiger partial charge in [-0.2, -0.15) is 0 Å². The summed E-state index contributed by atoms with van der Waals surface area (Å²) in [6.07, 6.45) is 0.935. The molecule has 7 heteroatoms. The molecule has 1 aliphatic rings. The average molecular weight is 344 g/mol. The lowest BCUT2D eigenvalue weighted by atomic mass is 10.2. The summed E-state index contributed by atoms with van der Waals surface area (Å²) in [5, 5.41) is 2.08. The van der Waals surface area contributed by atoms with Gasteiger partial charge in [-0.1, -0.05) is 0 Å². The highest BCUT2D eigenvalue weighted by Crippen LogP contribution is 2.23. The lowest BCUT2D eigenvalue weighted by molar-refractivity contribution is -0.127. The van der Waals surface area contributed by atoms with Crippen molar-refractivity contribution < 1.29 is 9.59 Å². The van der Waals surface area contributed by atoms with Crippen LogP contribution in [0.5, 0.6) is 0 Å². The van der Waals surface area contributed by atoms with Gasteiger partial charge in [0.15, 0.2) is 4.80 Å². The van der Waals surface area contributed by atoms with Gasteiger partial charge in [0.1, 0.15) is 0 Å². The zero-order chi connectivity index (χ0) is 17.3. The topological polar surface area (TPSA) is 80.7 Å². The van der Waals surface area contributed by atoms with Crippen LogP contribution in [0.2, 0.25) is 0 Å². The van der Waals surface area contributed by atoms with Crippen LogP contribution in [0.25, 0.3) is 0 Å². The molecule has 2 amide bonds. The summed E-state index contributed by atoms with van der Waals surface area (Å²) < 4.78 is 2.20. The molecule has 1 atom stereocenters. The van der Waals surface area contributed by atoms with Crippen molar-refractivity contribution in [2.45, 2.75) is 26.3 Å². The van der Waals surface area contributed by atoms with Gasteiger partial charge in [-0.3, -0.25) is 9.59 Å². The number of likely N-dealkylation sites (tertiary alicyclic amines) is 1. The maximum Gasteiger partial charge on any atom is 0.248 e. The highest BCUT2D eigenvalue weighted by Gasteiger charge is 2.26. The van der Waals surface area contributed by atoms with Gasteiger partial charge < -0.3 is 15.2 Å². The maximum absolute atomic E-state index is 11.6. The summed E-state index contributed by atoms with van der Waals surface area (Å²) >= 11 is 1.58. The van der Waals surface area contributed by atoms with E-state index in [1.54, 1.807) is 42.5 Å². The number of hydrogen-bond acceptors (Lipinski definition) is 4. The van der Waals surface area contributed by atoms with Gasteiger partial charge in [-0.05, 0) is 37.6 Å². The first kappa shape index (κ1) is 16.4. The second kappa shape index (κ2) is 6.60. The largest absolute Gasteiger partial charge is 0.366 e. The standard InChI is InChI=1S/C17H20N4O2S/c1-11-10-24-17(19-14-5-3-13(4-6-14)16(18)23)21(11)15-7-8-20(9-15)12(2)22/h3-6,10,15H,7-9H2,1-2H3,(H2,18,23). The van der Waals surface area contributed by atoms with Gasteiger partial charge in [0.2, 0.25) is 11.8 Å². The van der Waals surface area contributed by atoms with Gasteiger partial charge in [-0.15, -0.1) is 11.3 Å². The van der Waals surface area contributed by atoms with Crippen molar-refractivity contribution in [1.82, 2.24) is 9.47 Å². The van der Waals surface area contributed by atoms with Gasteiger partial charge in [-0.25, -0.2) is 4.99 Å². The minimum atomic E-state index is -0.445. The molecule has 1 fully saturated rings. The summed E-state index contributed by atoms with van der Waals surface area (Å²) in [5.74, 6) is -0.328. The van der Waals surface area contributed by atoms with Crippen LogP contribution in [-0.2, 0) is 4.79 Å². The number of aromatic nitrogens is 1. The number of nitrogens with two attached hydrogens (primary N) is 1. The minimum absolute atomic E-state index is 0.117. The van der Waals surface area contributed by atoms with Crippen molar-refractivity contribution >= 4 is 28.8 Å². The van der Waals surface area contributed by atoms with Crippen molar-refractivity contribution in [2.24, 2.45) is 10.7 Å². The molecule has 6 nitrogen and oxygen atoms in total. The first-order valence-electron chi connectivity index (χ1n) is 7.82. The highest BCUT2D eigenvalue weighted by molar-refractivity contribution is 7.07. The SMILES string of the molecule is CC(=O)N1CCC(n2c(C)csc2=Nc2ccc(C(N)=O)cc2)C1. The molecular weight excluding hydrogens is 324 g/mol. The Morgan fingerprint density at radius 2 is 2.00 bits per heavy atom. The molecule has 1 unspecified atom stereocenters. The van der Waals surface area contributed by atoms with Crippen molar-refractivity contribution in [3.63, 3.8) is 0 Å². The smallest absolute Gasteiger partial charge is 0.248 e. The predicted octanol–water partition coefficient (Wildman–Crippen LogP) is 1.98. The van der Waals surface area contributed by atoms with E-state index in [2.05, 4.69) is 16.9 Å². The Hall–Kier alpha value is -2.41. The van der Waals surface area contributed by atoms with E-state index in [9.17, 15) is 9.59 Å². The molecule has 0 radical (unpaired) electrons. The van der Waals surface area contributed by atoms with Crippen molar-refractivity contribution in [3.8, 4) is 0 Å². The molecule has 0 saturated carbocycles. The number of aryl methyl sites for hydroxylation is 1. The Bertz CT molecular complexity index is 835. The van der Waals surface area contributed by atoms with Crippen LogP contribution >= 0.6 is 11.3 Å². The number of thiazole rings is 1. The molecule has 1 aliphatic heterocycles. The number of nitrogens with zero attached hydrogens (tertiary/aromatic N) is 3. The van der Waals surface area contributed by atoms with Crippen LogP contribution < -0.4 is 10.5 Å². The number of carbonyl (C=O) groups is 2. The Balaban J connectivity index is 1.92. The van der Waals surface area contributed by atoms with Crippen LogP contribution in [0.3, 0.4) is 0 Å². The van der Waals surface area contributed by atoms with Crippen LogP contribution in [0.15, 0.2) is 34.6 Å².